The highest BCUT2D eigenvalue weighted by Crippen LogP contribution is 2.21. The van der Waals surface area contributed by atoms with Gasteiger partial charge in [-0.15, -0.1) is 0 Å². The molecular weight excluding hydrogens is 150 g/mol. The van der Waals surface area contributed by atoms with E-state index >= 15 is 0 Å². The Morgan fingerprint density at radius 2 is 1.92 bits per heavy atom. The molecule has 0 amide bonds. The van der Waals surface area contributed by atoms with Crippen molar-refractivity contribution in [1.82, 2.24) is 15.5 Å². The van der Waals surface area contributed by atoms with E-state index in [-0.39, 0.29) is 5.66 Å². The van der Waals surface area contributed by atoms with Gasteiger partial charge in [0.1, 0.15) is 0 Å². The van der Waals surface area contributed by atoms with Crippen molar-refractivity contribution >= 4 is 0 Å². The molecule has 0 unspecified atom stereocenters. The lowest BCUT2D eigenvalue weighted by molar-refractivity contribution is 0.0104. The lowest BCUT2D eigenvalue weighted by atomic mass is 10.0. The van der Waals surface area contributed by atoms with Crippen molar-refractivity contribution in [1.29, 1.82) is 0 Å². The second-order valence-electron chi connectivity index (χ2n) is 3.36. The van der Waals surface area contributed by atoms with Gasteiger partial charge in [0.05, 0.1) is 12.3 Å². The maximum Gasteiger partial charge on any atom is 0.0727 e. The van der Waals surface area contributed by atoms with Gasteiger partial charge in [-0.05, 0) is 19.4 Å². The van der Waals surface area contributed by atoms with Crippen LogP contribution >= 0.6 is 0 Å². The van der Waals surface area contributed by atoms with Crippen LogP contribution in [0.25, 0.3) is 0 Å². The molecule has 0 saturated carbocycles. The summed E-state index contributed by atoms with van der Waals surface area (Å²) in [7, 11) is 0. The first-order valence-electron chi connectivity index (χ1n) is 5.00. The maximum atomic E-state index is 3.55. The van der Waals surface area contributed by atoms with Crippen LogP contribution in [-0.2, 0) is 0 Å². The van der Waals surface area contributed by atoms with Gasteiger partial charge in [0, 0.05) is 6.67 Å². The number of hydrogen-bond acceptors (Lipinski definition) is 3. The molecule has 1 aliphatic rings. The Balaban J connectivity index is 2.66. The zero-order valence-corrected chi connectivity index (χ0v) is 8.48. The summed E-state index contributed by atoms with van der Waals surface area (Å²) in [5, 5.41) is 6.87. The SMILES string of the molecule is CCN1CNCNC1(CC)CC. The van der Waals surface area contributed by atoms with Gasteiger partial charge in [0.25, 0.3) is 0 Å². The number of nitrogens with zero attached hydrogens (tertiary/aromatic N) is 1. The fourth-order valence-electron chi connectivity index (χ4n) is 2.04. The summed E-state index contributed by atoms with van der Waals surface area (Å²) in [6.07, 6.45) is 2.36. The monoisotopic (exact) mass is 171 g/mol. The summed E-state index contributed by atoms with van der Waals surface area (Å²) in [6.45, 7) is 9.80. The fraction of sp³-hybridized carbons (Fsp3) is 1.00. The number of hydrogen-bond donors (Lipinski definition) is 2. The Bertz CT molecular complexity index is 132. The summed E-state index contributed by atoms with van der Waals surface area (Å²) in [4.78, 5) is 2.47. The molecule has 0 aromatic heterocycles. The summed E-state index contributed by atoms with van der Waals surface area (Å²) < 4.78 is 0. The summed E-state index contributed by atoms with van der Waals surface area (Å²) >= 11 is 0. The molecule has 0 aromatic rings. The standard InChI is InChI=1S/C9H21N3/c1-4-9(5-2)11-7-10-8-12(9)6-3/h10-11H,4-8H2,1-3H3. The summed E-state index contributed by atoms with van der Waals surface area (Å²) in [5.41, 5.74) is 0.250. The minimum atomic E-state index is 0.250. The first kappa shape index (κ1) is 9.96. The van der Waals surface area contributed by atoms with Crippen LogP contribution in [0.5, 0.6) is 0 Å². The minimum absolute atomic E-state index is 0.250. The molecular formula is C9H21N3. The molecule has 3 heteroatoms. The van der Waals surface area contributed by atoms with Crippen LogP contribution < -0.4 is 10.6 Å². The lowest BCUT2D eigenvalue weighted by Crippen LogP contribution is -2.66. The molecule has 0 spiro atoms. The third-order valence-electron chi connectivity index (χ3n) is 3.00. The van der Waals surface area contributed by atoms with E-state index in [4.69, 9.17) is 0 Å². The van der Waals surface area contributed by atoms with Crippen LogP contribution in [-0.4, -0.2) is 30.4 Å². The van der Waals surface area contributed by atoms with Crippen LogP contribution in [0.15, 0.2) is 0 Å². The first-order chi connectivity index (χ1) is 5.79. The van der Waals surface area contributed by atoms with Gasteiger partial charge in [-0.2, -0.15) is 0 Å². The van der Waals surface area contributed by atoms with Crippen molar-refractivity contribution in [2.45, 2.75) is 39.3 Å². The van der Waals surface area contributed by atoms with E-state index in [1.165, 1.54) is 12.8 Å². The molecule has 12 heavy (non-hydrogen) atoms. The average Bonchev–Trinajstić information content (AvgIpc) is 2.17. The second-order valence-corrected chi connectivity index (χ2v) is 3.36. The van der Waals surface area contributed by atoms with Crippen molar-refractivity contribution in [2.75, 3.05) is 19.9 Å². The predicted molar refractivity (Wildman–Crippen MR) is 51.7 cm³/mol. The van der Waals surface area contributed by atoms with E-state index in [1.54, 1.807) is 0 Å². The quantitative estimate of drug-likeness (QED) is 0.661. The third kappa shape index (κ3) is 1.63. The molecule has 72 valence electrons. The van der Waals surface area contributed by atoms with Crippen molar-refractivity contribution < 1.29 is 0 Å². The largest absolute Gasteiger partial charge is 0.292 e. The summed E-state index contributed by atoms with van der Waals surface area (Å²) in [6, 6.07) is 0. The Hall–Kier alpha value is -0.120. The van der Waals surface area contributed by atoms with Gasteiger partial charge >= 0.3 is 0 Å². The zero-order valence-electron chi connectivity index (χ0n) is 8.48. The first-order valence-corrected chi connectivity index (χ1v) is 5.00. The van der Waals surface area contributed by atoms with E-state index in [2.05, 4.69) is 36.3 Å². The molecule has 0 atom stereocenters. The van der Waals surface area contributed by atoms with E-state index < -0.39 is 0 Å². The van der Waals surface area contributed by atoms with Crippen molar-refractivity contribution in [3.63, 3.8) is 0 Å². The Labute approximate surface area is 75.5 Å². The Morgan fingerprint density at radius 1 is 1.25 bits per heavy atom. The molecule has 2 N–H and O–H groups in total. The molecule has 3 nitrogen and oxygen atoms in total. The zero-order chi connectivity index (χ0) is 9.03. The molecule has 0 aliphatic carbocycles. The molecule has 0 aromatic carbocycles. The molecule has 1 aliphatic heterocycles. The fourth-order valence-corrected chi connectivity index (χ4v) is 2.04. The van der Waals surface area contributed by atoms with Gasteiger partial charge in [0.2, 0.25) is 0 Å². The van der Waals surface area contributed by atoms with E-state index in [0.717, 1.165) is 19.9 Å². The molecule has 1 saturated heterocycles. The van der Waals surface area contributed by atoms with Crippen LogP contribution in [0.3, 0.4) is 0 Å². The molecule has 1 heterocycles. The van der Waals surface area contributed by atoms with Crippen molar-refractivity contribution in [3.05, 3.63) is 0 Å². The van der Waals surface area contributed by atoms with Gasteiger partial charge in [-0.3, -0.25) is 15.5 Å². The minimum Gasteiger partial charge on any atom is -0.292 e. The van der Waals surface area contributed by atoms with Gasteiger partial charge in [0.15, 0.2) is 0 Å². The second kappa shape index (κ2) is 4.21. The van der Waals surface area contributed by atoms with E-state index in [0.29, 0.717) is 0 Å². The highest BCUT2D eigenvalue weighted by Gasteiger charge is 2.33. The molecule has 0 bridgehead atoms. The van der Waals surface area contributed by atoms with Crippen LogP contribution in [0, 0.1) is 0 Å². The predicted octanol–water partition coefficient (Wildman–Crippen LogP) is 0.932. The van der Waals surface area contributed by atoms with Crippen LogP contribution in [0.4, 0.5) is 0 Å². The van der Waals surface area contributed by atoms with Crippen molar-refractivity contribution in [2.24, 2.45) is 0 Å². The topological polar surface area (TPSA) is 27.3 Å². The molecule has 1 rings (SSSR count). The maximum absolute atomic E-state index is 3.55. The number of nitrogens with one attached hydrogen (secondary N) is 2. The molecule has 0 radical (unpaired) electrons. The van der Waals surface area contributed by atoms with E-state index in [9.17, 15) is 0 Å². The Morgan fingerprint density at radius 3 is 2.33 bits per heavy atom. The van der Waals surface area contributed by atoms with Gasteiger partial charge in [-0.1, -0.05) is 20.8 Å². The average molecular weight is 171 g/mol. The highest BCUT2D eigenvalue weighted by molar-refractivity contribution is 4.87. The van der Waals surface area contributed by atoms with Gasteiger partial charge < -0.3 is 0 Å². The smallest absolute Gasteiger partial charge is 0.0727 e. The van der Waals surface area contributed by atoms with Crippen LogP contribution in [0.1, 0.15) is 33.6 Å². The summed E-state index contributed by atoms with van der Waals surface area (Å²) in [5.74, 6) is 0. The van der Waals surface area contributed by atoms with Crippen molar-refractivity contribution in [3.8, 4) is 0 Å². The van der Waals surface area contributed by atoms with E-state index in [1.807, 2.05) is 0 Å². The third-order valence-corrected chi connectivity index (χ3v) is 3.00. The number of rotatable bonds is 3. The van der Waals surface area contributed by atoms with Gasteiger partial charge in [-0.25, -0.2) is 0 Å². The Kier molecular flexibility index (Phi) is 3.50. The van der Waals surface area contributed by atoms with Crippen LogP contribution in [0.2, 0.25) is 0 Å². The highest BCUT2D eigenvalue weighted by atomic mass is 15.4. The molecule has 1 fully saturated rings. The normalized spacial score (nSPS) is 24.2. The lowest BCUT2D eigenvalue weighted by Gasteiger charge is -2.47.